The number of aliphatic imine (C=N–C) groups is 2. The summed E-state index contributed by atoms with van der Waals surface area (Å²) in [5.74, 6) is 11.3. The monoisotopic (exact) mass is 783 g/mol. The number of esters is 1. The number of hydrogen-bond acceptors (Lipinski definition) is 8. The van der Waals surface area contributed by atoms with Crippen molar-refractivity contribution in [3.8, 4) is 23.7 Å². The zero-order valence-corrected chi connectivity index (χ0v) is 34.3. The number of ether oxygens (including phenoxy) is 2. The van der Waals surface area contributed by atoms with E-state index in [0.29, 0.717) is 25.9 Å². The molecule has 11 nitrogen and oxygen atoms in total. The number of carbonyl (C=O) groups is 4. The first-order valence-electron chi connectivity index (χ1n) is 20.2. The van der Waals surface area contributed by atoms with Crippen LogP contribution in [0, 0.1) is 41.4 Å². The second-order valence-corrected chi connectivity index (χ2v) is 15.9. The van der Waals surface area contributed by atoms with Gasteiger partial charge in [0.1, 0.15) is 6.04 Å². The van der Waals surface area contributed by atoms with Gasteiger partial charge in [0.2, 0.25) is 11.8 Å². The van der Waals surface area contributed by atoms with Crippen molar-refractivity contribution < 1.29 is 28.7 Å². The van der Waals surface area contributed by atoms with Gasteiger partial charge in [-0.3, -0.25) is 24.4 Å². The van der Waals surface area contributed by atoms with Crippen molar-refractivity contribution in [3.63, 3.8) is 0 Å². The Balaban J connectivity index is 0.994. The lowest BCUT2D eigenvalue weighted by Gasteiger charge is -2.31. The van der Waals surface area contributed by atoms with Gasteiger partial charge in [0, 0.05) is 60.9 Å². The average Bonchev–Trinajstić information content (AvgIpc) is 4.07. The van der Waals surface area contributed by atoms with Gasteiger partial charge in [0.05, 0.1) is 38.6 Å². The minimum absolute atomic E-state index is 0.00467. The molecular weight excluding hydrogens is 731 g/mol. The molecular formula is C47H53N5O6. The number of likely N-dealkylation sites (tertiary alicyclic amines) is 2. The lowest BCUT2D eigenvalue weighted by atomic mass is 9.90. The summed E-state index contributed by atoms with van der Waals surface area (Å²) >= 11 is 0. The van der Waals surface area contributed by atoms with Crippen molar-refractivity contribution in [1.82, 2.24) is 15.1 Å². The number of benzene rings is 2. The van der Waals surface area contributed by atoms with Crippen LogP contribution in [0.4, 0.5) is 4.79 Å². The minimum atomic E-state index is -0.660. The Hall–Kier alpha value is -5.94. The molecule has 0 saturated carbocycles. The largest absolute Gasteiger partial charge is 0.469 e. The highest BCUT2D eigenvalue weighted by atomic mass is 16.5. The van der Waals surface area contributed by atoms with E-state index >= 15 is 0 Å². The molecule has 2 saturated heterocycles. The molecule has 1 N–H and O–H groups in total. The van der Waals surface area contributed by atoms with Gasteiger partial charge in [-0.25, -0.2) is 4.79 Å². The molecule has 4 aliphatic heterocycles. The highest BCUT2D eigenvalue weighted by Crippen LogP contribution is 2.33. The van der Waals surface area contributed by atoms with E-state index in [1.807, 2.05) is 98.4 Å². The molecule has 4 atom stereocenters. The summed E-state index contributed by atoms with van der Waals surface area (Å²) in [7, 11) is 2.65. The van der Waals surface area contributed by atoms with Crippen molar-refractivity contribution in [1.29, 1.82) is 0 Å². The number of hydrogen-bond donors (Lipinski definition) is 1. The van der Waals surface area contributed by atoms with E-state index in [0.717, 1.165) is 70.5 Å². The number of rotatable bonds is 11. The molecule has 0 spiro atoms. The second-order valence-electron chi connectivity index (χ2n) is 15.9. The molecule has 0 aliphatic carbocycles. The second kappa shape index (κ2) is 19.0. The number of allylic oxidation sites excluding steroid dienone is 2. The summed E-state index contributed by atoms with van der Waals surface area (Å²) in [4.78, 5) is 64.3. The van der Waals surface area contributed by atoms with Crippen LogP contribution in [0.15, 0.2) is 70.9 Å². The fourth-order valence-corrected chi connectivity index (χ4v) is 8.11. The Kier molecular flexibility index (Phi) is 13.7. The fourth-order valence-electron chi connectivity index (χ4n) is 8.11. The molecule has 4 heterocycles. The number of nitrogens with zero attached hydrogens (tertiary/aromatic N) is 4. The zero-order valence-electron chi connectivity index (χ0n) is 34.3. The number of alkyl carbamates (subject to hydrolysis) is 1. The maximum atomic E-state index is 13.6. The highest BCUT2D eigenvalue weighted by Gasteiger charge is 2.40. The van der Waals surface area contributed by atoms with Crippen LogP contribution >= 0.6 is 0 Å². The summed E-state index contributed by atoms with van der Waals surface area (Å²) in [5.41, 5.74) is 7.97. The first kappa shape index (κ1) is 41.7. The van der Waals surface area contributed by atoms with Crippen LogP contribution in [0.25, 0.3) is 11.1 Å². The lowest BCUT2D eigenvalue weighted by molar-refractivity contribution is -0.148. The molecule has 0 aromatic heterocycles. The number of amides is 3. The van der Waals surface area contributed by atoms with Crippen molar-refractivity contribution in [2.24, 2.45) is 27.7 Å². The van der Waals surface area contributed by atoms with Crippen molar-refractivity contribution in [2.45, 2.75) is 90.8 Å². The Bertz CT molecular complexity index is 1990. The summed E-state index contributed by atoms with van der Waals surface area (Å²) in [6.07, 6.45) is 8.11. The number of carbonyl (C=O) groups excluding carboxylic acids is 4. The van der Waals surface area contributed by atoms with Crippen LogP contribution in [-0.4, -0.2) is 90.5 Å². The van der Waals surface area contributed by atoms with Gasteiger partial charge >= 0.3 is 12.1 Å². The Morgan fingerprint density at radius 3 is 1.62 bits per heavy atom. The summed E-state index contributed by atoms with van der Waals surface area (Å²) < 4.78 is 9.62. The fraction of sp³-hybridized carbons (Fsp3) is 0.447. The van der Waals surface area contributed by atoms with Gasteiger partial charge in [0.15, 0.2) is 0 Å². The lowest BCUT2D eigenvalue weighted by Crippen LogP contribution is -2.53. The molecule has 2 aromatic carbocycles. The topological polar surface area (TPSA) is 130 Å². The van der Waals surface area contributed by atoms with E-state index in [1.54, 1.807) is 0 Å². The SMILES string of the molecule is COC(=O)C[C@H](C(=O)N1CCC[C@H]1C1=NC=C(c2ccc(C#CC#Cc3ccc(C4=CN=C([C@@H]5CCCN5C(=O)[C@@H](NC(=O)OC)C(C)C)C4)cc3)cc2)C1)C(C)C. The van der Waals surface area contributed by atoms with Gasteiger partial charge in [-0.1, -0.05) is 63.8 Å². The van der Waals surface area contributed by atoms with Crippen LogP contribution in [0.2, 0.25) is 0 Å². The first-order valence-corrected chi connectivity index (χ1v) is 20.2. The Morgan fingerprint density at radius 1 is 0.707 bits per heavy atom. The predicted molar refractivity (Wildman–Crippen MR) is 225 cm³/mol. The smallest absolute Gasteiger partial charge is 0.407 e. The normalized spacial score (nSPS) is 19.6. The molecule has 6 rings (SSSR count). The predicted octanol–water partition coefficient (Wildman–Crippen LogP) is 6.66. The quantitative estimate of drug-likeness (QED) is 0.201. The third kappa shape index (κ3) is 9.77. The third-order valence-corrected chi connectivity index (χ3v) is 11.5. The van der Waals surface area contributed by atoms with Gasteiger partial charge in [-0.15, -0.1) is 0 Å². The van der Waals surface area contributed by atoms with E-state index in [1.165, 1.54) is 14.2 Å². The van der Waals surface area contributed by atoms with E-state index in [2.05, 4.69) is 29.0 Å². The molecule has 3 amide bonds. The van der Waals surface area contributed by atoms with Crippen LogP contribution in [0.1, 0.15) is 94.9 Å². The molecule has 11 heteroatoms. The summed E-state index contributed by atoms with van der Waals surface area (Å²) in [5, 5.41) is 2.71. The van der Waals surface area contributed by atoms with Crippen LogP contribution < -0.4 is 5.32 Å². The molecule has 2 aromatic rings. The highest BCUT2D eigenvalue weighted by molar-refractivity contribution is 6.04. The molecule has 302 valence electrons. The molecule has 0 unspecified atom stereocenters. The van der Waals surface area contributed by atoms with Gasteiger partial charge in [-0.05, 0) is 95.9 Å². The van der Waals surface area contributed by atoms with Gasteiger partial charge < -0.3 is 24.6 Å². The number of methoxy groups -OCH3 is 2. The summed E-state index contributed by atoms with van der Waals surface area (Å²) in [6, 6.07) is 15.3. The summed E-state index contributed by atoms with van der Waals surface area (Å²) in [6.45, 7) is 9.07. The zero-order chi connectivity index (χ0) is 41.3. The molecule has 58 heavy (non-hydrogen) atoms. The molecule has 2 fully saturated rings. The van der Waals surface area contributed by atoms with E-state index in [9.17, 15) is 19.2 Å². The van der Waals surface area contributed by atoms with Crippen LogP contribution in [-0.2, 0) is 23.9 Å². The van der Waals surface area contributed by atoms with Crippen molar-refractivity contribution in [2.75, 3.05) is 27.3 Å². The van der Waals surface area contributed by atoms with E-state index < -0.39 is 18.1 Å². The van der Waals surface area contributed by atoms with Crippen molar-refractivity contribution >= 4 is 46.4 Å². The number of nitrogens with one attached hydrogen (secondary N) is 1. The standard InChI is InChI=1S/C47H53N5O6/c1-30(2)38(27-43(53)57-5)45(54)51-23-9-13-41(51)39-25-36(28-48-39)34-19-15-32(16-20-34)11-7-8-12-33-17-21-35(22-18-33)37-26-40(49-29-37)42-14-10-24-52(42)46(55)44(31(3)4)50-47(56)58-6/h15-22,28-31,38,41-42,44H,9-10,13-14,23-27H2,1-6H3,(H,50,56)/t38-,41-,42-,44-/m0/s1. The molecule has 0 bridgehead atoms. The maximum Gasteiger partial charge on any atom is 0.407 e. The average molecular weight is 784 g/mol. The first-order chi connectivity index (χ1) is 28.0. The maximum absolute atomic E-state index is 13.6. The minimum Gasteiger partial charge on any atom is -0.469 e. The van der Waals surface area contributed by atoms with Gasteiger partial charge in [0.25, 0.3) is 0 Å². The van der Waals surface area contributed by atoms with Gasteiger partial charge in [-0.2, -0.15) is 0 Å². The Morgan fingerprint density at radius 2 is 1.19 bits per heavy atom. The third-order valence-electron chi connectivity index (χ3n) is 11.5. The van der Waals surface area contributed by atoms with Crippen LogP contribution in [0.3, 0.4) is 0 Å². The van der Waals surface area contributed by atoms with E-state index in [4.69, 9.17) is 19.5 Å². The van der Waals surface area contributed by atoms with Crippen molar-refractivity contribution in [3.05, 3.63) is 83.2 Å². The van der Waals surface area contributed by atoms with Crippen LogP contribution in [0.5, 0.6) is 0 Å². The Labute approximate surface area is 342 Å². The molecule has 4 aliphatic rings. The van der Waals surface area contributed by atoms with E-state index in [-0.39, 0.29) is 48.1 Å². The molecule has 0 radical (unpaired) electrons.